The van der Waals surface area contributed by atoms with Crippen LogP contribution in [0.4, 0.5) is 11.5 Å². The average molecular weight is 391 g/mol. The van der Waals surface area contributed by atoms with E-state index in [-0.39, 0.29) is 5.91 Å². The highest BCUT2D eigenvalue weighted by Crippen LogP contribution is 2.27. The van der Waals surface area contributed by atoms with Gasteiger partial charge in [0.25, 0.3) is 5.91 Å². The van der Waals surface area contributed by atoms with Crippen molar-refractivity contribution < 1.29 is 14.3 Å². The maximum atomic E-state index is 13.1. The number of ether oxygens (including phenoxy) is 2. The van der Waals surface area contributed by atoms with Crippen LogP contribution in [0.1, 0.15) is 23.2 Å². The third-order valence-corrected chi connectivity index (χ3v) is 5.02. The first-order chi connectivity index (χ1) is 14.2. The SMILES string of the molecule is COCCOc1ccc(NC(=O)c2cc3ccccc3nc2N2CCCC2)cc1. The van der Waals surface area contributed by atoms with E-state index in [0.717, 1.165) is 54.1 Å². The monoisotopic (exact) mass is 391 g/mol. The lowest BCUT2D eigenvalue weighted by molar-refractivity contribution is 0.102. The second-order valence-electron chi connectivity index (χ2n) is 7.07. The van der Waals surface area contributed by atoms with Crippen molar-refractivity contribution in [2.24, 2.45) is 0 Å². The third kappa shape index (κ3) is 4.49. The Hall–Kier alpha value is -3.12. The highest BCUT2D eigenvalue weighted by molar-refractivity contribution is 6.09. The molecule has 0 radical (unpaired) electrons. The lowest BCUT2D eigenvalue weighted by atomic mass is 10.1. The zero-order valence-corrected chi connectivity index (χ0v) is 16.6. The maximum Gasteiger partial charge on any atom is 0.259 e. The van der Waals surface area contributed by atoms with Gasteiger partial charge in [0.05, 0.1) is 17.7 Å². The van der Waals surface area contributed by atoms with Crippen LogP contribution in [0.5, 0.6) is 5.75 Å². The van der Waals surface area contributed by atoms with E-state index in [0.29, 0.717) is 18.8 Å². The largest absolute Gasteiger partial charge is 0.491 e. The summed E-state index contributed by atoms with van der Waals surface area (Å²) in [6.45, 7) is 2.88. The Morgan fingerprint density at radius 1 is 1.07 bits per heavy atom. The summed E-state index contributed by atoms with van der Waals surface area (Å²) in [5.74, 6) is 1.35. The zero-order chi connectivity index (χ0) is 20.1. The van der Waals surface area contributed by atoms with Crippen LogP contribution in [0.15, 0.2) is 54.6 Å². The lowest BCUT2D eigenvalue weighted by Gasteiger charge is -2.20. The molecule has 1 aromatic heterocycles. The summed E-state index contributed by atoms with van der Waals surface area (Å²) in [5, 5.41) is 3.96. The maximum absolute atomic E-state index is 13.1. The Morgan fingerprint density at radius 2 is 1.83 bits per heavy atom. The van der Waals surface area contributed by atoms with Crippen molar-refractivity contribution in [3.63, 3.8) is 0 Å². The topological polar surface area (TPSA) is 63.7 Å². The molecule has 29 heavy (non-hydrogen) atoms. The number of amides is 1. The van der Waals surface area contributed by atoms with E-state index < -0.39 is 0 Å². The van der Waals surface area contributed by atoms with Crippen molar-refractivity contribution >= 4 is 28.3 Å². The van der Waals surface area contributed by atoms with Gasteiger partial charge in [-0.2, -0.15) is 0 Å². The molecule has 0 saturated carbocycles. The third-order valence-electron chi connectivity index (χ3n) is 5.02. The van der Waals surface area contributed by atoms with Crippen molar-refractivity contribution in [3.8, 4) is 5.75 Å². The number of carbonyl (C=O) groups excluding carboxylic acids is 1. The minimum absolute atomic E-state index is 0.154. The molecule has 0 spiro atoms. The lowest BCUT2D eigenvalue weighted by Crippen LogP contribution is -2.24. The molecule has 4 rings (SSSR count). The molecule has 6 nitrogen and oxygen atoms in total. The van der Waals surface area contributed by atoms with E-state index in [1.807, 2.05) is 54.6 Å². The Balaban J connectivity index is 1.56. The first-order valence-electron chi connectivity index (χ1n) is 9.92. The Labute approximate surface area is 170 Å². The van der Waals surface area contributed by atoms with Crippen LogP contribution >= 0.6 is 0 Å². The minimum Gasteiger partial charge on any atom is -0.491 e. The Kier molecular flexibility index (Phi) is 5.91. The molecule has 0 unspecified atom stereocenters. The van der Waals surface area contributed by atoms with Gasteiger partial charge >= 0.3 is 0 Å². The average Bonchev–Trinajstić information content (AvgIpc) is 3.29. The second kappa shape index (κ2) is 8.92. The number of benzene rings is 2. The normalized spacial score (nSPS) is 13.6. The Bertz CT molecular complexity index is 982. The number of fused-ring (bicyclic) bond motifs is 1. The van der Waals surface area contributed by atoms with Crippen LogP contribution in [0.2, 0.25) is 0 Å². The molecular formula is C23H25N3O3. The van der Waals surface area contributed by atoms with Crippen LogP contribution in [-0.2, 0) is 4.74 Å². The zero-order valence-electron chi connectivity index (χ0n) is 16.6. The highest BCUT2D eigenvalue weighted by Gasteiger charge is 2.22. The molecule has 0 aliphatic carbocycles. The molecule has 0 bridgehead atoms. The first kappa shape index (κ1) is 19.2. The number of para-hydroxylation sites is 1. The fourth-order valence-electron chi connectivity index (χ4n) is 3.52. The van der Waals surface area contributed by atoms with Gasteiger partial charge in [0.2, 0.25) is 0 Å². The van der Waals surface area contributed by atoms with Gasteiger partial charge in [0, 0.05) is 31.3 Å². The smallest absolute Gasteiger partial charge is 0.259 e. The van der Waals surface area contributed by atoms with Crippen molar-refractivity contribution in [2.45, 2.75) is 12.8 Å². The molecule has 1 fully saturated rings. The Morgan fingerprint density at radius 3 is 2.59 bits per heavy atom. The quantitative estimate of drug-likeness (QED) is 0.614. The molecule has 1 amide bonds. The van der Waals surface area contributed by atoms with Gasteiger partial charge in [0.15, 0.2) is 0 Å². The van der Waals surface area contributed by atoms with Crippen LogP contribution in [0.25, 0.3) is 10.9 Å². The van der Waals surface area contributed by atoms with Gasteiger partial charge in [-0.3, -0.25) is 4.79 Å². The number of pyridine rings is 1. The summed E-state index contributed by atoms with van der Waals surface area (Å²) in [4.78, 5) is 20.1. The van der Waals surface area contributed by atoms with Crippen molar-refractivity contribution in [1.29, 1.82) is 0 Å². The number of anilines is 2. The fraction of sp³-hybridized carbons (Fsp3) is 0.304. The minimum atomic E-state index is -0.154. The van der Waals surface area contributed by atoms with Crippen molar-refractivity contribution in [3.05, 3.63) is 60.2 Å². The van der Waals surface area contributed by atoms with E-state index in [1.165, 1.54) is 0 Å². The number of nitrogens with one attached hydrogen (secondary N) is 1. The number of hydrogen-bond donors (Lipinski definition) is 1. The van der Waals surface area contributed by atoms with E-state index in [9.17, 15) is 4.79 Å². The summed E-state index contributed by atoms with van der Waals surface area (Å²) in [6.07, 6.45) is 2.25. The van der Waals surface area contributed by atoms with E-state index in [4.69, 9.17) is 14.5 Å². The van der Waals surface area contributed by atoms with Crippen LogP contribution in [0.3, 0.4) is 0 Å². The van der Waals surface area contributed by atoms with Crippen molar-refractivity contribution in [2.75, 3.05) is 43.6 Å². The molecule has 1 N–H and O–H groups in total. The summed E-state index contributed by atoms with van der Waals surface area (Å²) >= 11 is 0. The van der Waals surface area contributed by atoms with E-state index in [2.05, 4.69) is 10.2 Å². The number of hydrogen-bond acceptors (Lipinski definition) is 5. The van der Waals surface area contributed by atoms with Gasteiger partial charge in [-0.15, -0.1) is 0 Å². The molecule has 6 heteroatoms. The van der Waals surface area contributed by atoms with Crippen LogP contribution in [-0.4, -0.2) is 44.3 Å². The number of methoxy groups -OCH3 is 1. The van der Waals surface area contributed by atoms with Crippen LogP contribution in [0, 0.1) is 0 Å². The summed E-state index contributed by atoms with van der Waals surface area (Å²) < 4.78 is 10.6. The van der Waals surface area contributed by atoms with Crippen molar-refractivity contribution in [1.82, 2.24) is 4.98 Å². The highest BCUT2D eigenvalue weighted by atomic mass is 16.5. The van der Waals surface area contributed by atoms with E-state index >= 15 is 0 Å². The molecule has 3 aromatic rings. The molecule has 1 saturated heterocycles. The second-order valence-corrected chi connectivity index (χ2v) is 7.07. The van der Waals surface area contributed by atoms with Crippen LogP contribution < -0.4 is 15.0 Å². The van der Waals surface area contributed by atoms with Gasteiger partial charge in [-0.05, 0) is 49.2 Å². The molecule has 2 heterocycles. The van der Waals surface area contributed by atoms with Gasteiger partial charge in [-0.1, -0.05) is 18.2 Å². The number of rotatable bonds is 7. The van der Waals surface area contributed by atoms with Gasteiger partial charge in [0.1, 0.15) is 18.2 Å². The predicted molar refractivity (Wildman–Crippen MR) is 115 cm³/mol. The summed E-state index contributed by atoms with van der Waals surface area (Å²) in [7, 11) is 1.64. The standard InChI is InChI=1S/C23H25N3O3/c1-28-14-15-29-19-10-8-18(9-11-19)24-23(27)20-16-17-6-2-3-7-21(17)25-22(20)26-12-4-5-13-26/h2-3,6-11,16H,4-5,12-15H2,1H3,(H,24,27). The summed E-state index contributed by atoms with van der Waals surface area (Å²) in [6, 6.07) is 17.2. The number of carbonyl (C=O) groups is 1. The molecular weight excluding hydrogens is 366 g/mol. The number of aromatic nitrogens is 1. The number of nitrogens with zero attached hydrogens (tertiary/aromatic N) is 2. The van der Waals surface area contributed by atoms with E-state index in [1.54, 1.807) is 7.11 Å². The molecule has 150 valence electrons. The fourth-order valence-corrected chi connectivity index (χ4v) is 3.52. The summed E-state index contributed by atoms with van der Waals surface area (Å²) in [5.41, 5.74) is 2.23. The van der Waals surface area contributed by atoms with Gasteiger partial charge in [-0.25, -0.2) is 4.98 Å². The molecule has 2 aromatic carbocycles. The molecule has 1 aliphatic heterocycles. The first-order valence-corrected chi connectivity index (χ1v) is 9.92. The predicted octanol–water partition coefficient (Wildman–Crippen LogP) is 4.11. The van der Waals surface area contributed by atoms with Gasteiger partial charge < -0.3 is 19.7 Å². The molecule has 1 aliphatic rings. The molecule has 0 atom stereocenters.